The molecule has 3 atom stereocenters. The van der Waals surface area contributed by atoms with Gasteiger partial charge in [-0.1, -0.05) is 6.08 Å². The second kappa shape index (κ2) is 9.22. The number of esters is 1. The number of carbonyl (C=O) groups is 1. The van der Waals surface area contributed by atoms with Crippen molar-refractivity contribution < 1.29 is 23.7 Å². The van der Waals surface area contributed by atoms with Crippen molar-refractivity contribution in [1.82, 2.24) is 0 Å². The van der Waals surface area contributed by atoms with Crippen LogP contribution in [0.4, 0.5) is 0 Å². The Morgan fingerprint density at radius 3 is 2.72 bits per heavy atom. The summed E-state index contributed by atoms with van der Waals surface area (Å²) < 4.78 is 24.0. The Morgan fingerprint density at radius 1 is 1.24 bits per heavy atom. The number of rotatable bonds is 8. The van der Waals surface area contributed by atoms with E-state index in [-0.39, 0.29) is 17.7 Å². The van der Waals surface area contributed by atoms with Gasteiger partial charge in [0.25, 0.3) is 0 Å². The minimum atomic E-state index is -0.604. The molecule has 0 spiro atoms. The molecule has 0 bridgehead atoms. The molecule has 0 amide bonds. The Hall–Kier alpha value is -1.33. The molecule has 0 N–H and O–H groups in total. The molecule has 0 aromatic rings. The molecule has 1 heterocycles. The van der Waals surface area contributed by atoms with E-state index in [1.165, 1.54) is 11.1 Å². The Labute approximate surface area is 175 Å². The van der Waals surface area contributed by atoms with Gasteiger partial charge in [0.1, 0.15) is 5.76 Å². The van der Waals surface area contributed by atoms with Crippen LogP contribution in [0.3, 0.4) is 0 Å². The highest BCUT2D eigenvalue weighted by Gasteiger charge is 2.44. The average Bonchev–Trinajstić information content (AvgIpc) is 3.03. The van der Waals surface area contributed by atoms with Crippen molar-refractivity contribution in [3.63, 3.8) is 0 Å². The molecule has 5 nitrogen and oxygen atoms in total. The maximum Gasteiger partial charge on any atom is 0.305 e. The second-order valence-electron chi connectivity index (χ2n) is 9.32. The molecular formula is C24H38O5. The molecule has 5 heteroatoms. The molecule has 0 radical (unpaired) electrons. The van der Waals surface area contributed by atoms with Crippen molar-refractivity contribution in [2.24, 2.45) is 5.92 Å². The van der Waals surface area contributed by atoms with Crippen LogP contribution in [-0.2, 0) is 23.7 Å². The van der Waals surface area contributed by atoms with Gasteiger partial charge >= 0.3 is 5.97 Å². The maximum absolute atomic E-state index is 11.7. The Balaban J connectivity index is 1.66. The van der Waals surface area contributed by atoms with E-state index in [0.717, 1.165) is 37.9 Å². The third kappa shape index (κ3) is 5.43. The van der Waals surface area contributed by atoms with Crippen LogP contribution in [0.15, 0.2) is 23.0 Å². The standard InChI is InChI=1S/C24H38O5/c1-6-26-22(25)9-8-15-24(27-7-2)16-14-19-17-10-12-20(28-23(3,4)5)18(17)11-13-21(19)29-24/h10,18,20H,6-9,11-16H2,1-5H3/t18?,20-,24?/m0/s1. The van der Waals surface area contributed by atoms with Crippen LogP contribution >= 0.6 is 0 Å². The highest BCUT2D eigenvalue weighted by Crippen LogP contribution is 2.50. The number of fused-ring (bicyclic) bond motifs is 2. The van der Waals surface area contributed by atoms with Crippen LogP contribution in [0.1, 0.15) is 86.0 Å². The molecule has 1 aliphatic heterocycles. The molecule has 0 saturated heterocycles. The largest absolute Gasteiger partial charge is 0.466 e. The van der Waals surface area contributed by atoms with E-state index >= 15 is 0 Å². The van der Waals surface area contributed by atoms with Crippen molar-refractivity contribution in [2.75, 3.05) is 13.2 Å². The first-order chi connectivity index (χ1) is 13.8. The van der Waals surface area contributed by atoms with Gasteiger partial charge in [-0.2, -0.15) is 0 Å². The summed E-state index contributed by atoms with van der Waals surface area (Å²) >= 11 is 0. The Kier molecular flexibility index (Phi) is 7.10. The zero-order valence-electron chi connectivity index (χ0n) is 18.8. The Bertz CT molecular complexity index is 657. The highest BCUT2D eigenvalue weighted by atomic mass is 16.7. The van der Waals surface area contributed by atoms with E-state index in [1.54, 1.807) is 0 Å². The molecule has 0 saturated carbocycles. The Morgan fingerprint density at radius 2 is 2.03 bits per heavy atom. The number of ether oxygens (including phenoxy) is 4. The molecule has 0 aromatic carbocycles. The van der Waals surface area contributed by atoms with Crippen LogP contribution in [-0.4, -0.2) is 36.7 Å². The quantitative estimate of drug-likeness (QED) is 0.502. The summed E-state index contributed by atoms with van der Waals surface area (Å²) in [6.45, 7) is 11.3. The van der Waals surface area contributed by atoms with E-state index in [0.29, 0.717) is 38.4 Å². The monoisotopic (exact) mass is 406 g/mol. The van der Waals surface area contributed by atoms with Gasteiger partial charge in [0.05, 0.1) is 18.3 Å². The van der Waals surface area contributed by atoms with Gasteiger partial charge < -0.3 is 18.9 Å². The lowest BCUT2D eigenvalue weighted by atomic mass is 9.79. The van der Waals surface area contributed by atoms with Gasteiger partial charge in [-0.15, -0.1) is 0 Å². The fourth-order valence-electron chi connectivity index (χ4n) is 4.97. The number of hydrogen-bond donors (Lipinski definition) is 0. The van der Waals surface area contributed by atoms with E-state index in [9.17, 15) is 4.79 Å². The number of carbonyl (C=O) groups excluding carboxylic acids is 1. The van der Waals surface area contributed by atoms with Crippen LogP contribution in [0.25, 0.3) is 0 Å². The summed E-state index contributed by atoms with van der Waals surface area (Å²) in [7, 11) is 0. The molecule has 2 unspecified atom stereocenters. The summed E-state index contributed by atoms with van der Waals surface area (Å²) in [5.41, 5.74) is 2.70. The predicted molar refractivity (Wildman–Crippen MR) is 112 cm³/mol. The third-order valence-corrected chi connectivity index (χ3v) is 6.01. The predicted octanol–water partition coefficient (Wildman–Crippen LogP) is 5.44. The first-order valence-corrected chi connectivity index (χ1v) is 11.4. The summed E-state index contributed by atoms with van der Waals surface area (Å²) in [6, 6.07) is 0. The van der Waals surface area contributed by atoms with Crippen molar-refractivity contribution in [3.8, 4) is 0 Å². The molecule has 29 heavy (non-hydrogen) atoms. The van der Waals surface area contributed by atoms with Gasteiger partial charge in [-0.25, -0.2) is 0 Å². The van der Waals surface area contributed by atoms with E-state index in [2.05, 4.69) is 26.8 Å². The zero-order valence-corrected chi connectivity index (χ0v) is 18.8. The molecule has 0 fully saturated rings. The minimum Gasteiger partial charge on any atom is -0.466 e. The van der Waals surface area contributed by atoms with Gasteiger partial charge in [-0.3, -0.25) is 4.79 Å². The van der Waals surface area contributed by atoms with E-state index in [4.69, 9.17) is 18.9 Å². The normalized spacial score (nSPS) is 29.1. The number of hydrogen-bond acceptors (Lipinski definition) is 5. The van der Waals surface area contributed by atoms with Crippen molar-refractivity contribution in [2.45, 2.75) is 103 Å². The van der Waals surface area contributed by atoms with Crippen LogP contribution in [0, 0.1) is 5.92 Å². The maximum atomic E-state index is 11.7. The van der Waals surface area contributed by atoms with Gasteiger partial charge in [0, 0.05) is 38.2 Å². The molecule has 3 rings (SSSR count). The summed E-state index contributed by atoms with van der Waals surface area (Å²) in [4.78, 5) is 11.7. The molecule has 0 aromatic heterocycles. The number of allylic oxidation sites excluding steroid dienone is 2. The van der Waals surface area contributed by atoms with Crippen molar-refractivity contribution in [3.05, 3.63) is 23.0 Å². The first kappa shape index (κ1) is 22.4. The van der Waals surface area contributed by atoms with Gasteiger partial charge in [-0.05, 0) is 71.4 Å². The SMILES string of the molecule is CCOC(=O)CCCC1(OCC)CCC2=C(CCC3C2=CC[C@@H]3OC(C)(C)C)O1. The lowest BCUT2D eigenvalue weighted by Gasteiger charge is -2.43. The molecule has 2 aliphatic carbocycles. The summed E-state index contributed by atoms with van der Waals surface area (Å²) in [5, 5.41) is 0. The van der Waals surface area contributed by atoms with E-state index < -0.39 is 5.79 Å². The van der Waals surface area contributed by atoms with Crippen LogP contribution in [0.2, 0.25) is 0 Å². The molecular weight excluding hydrogens is 368 g/mol. The highest BCUT2D eigenvalue weighted by molar-refractivity contribution is 5.69. The second-order valence-corrected chi connectivity index (χ2v) is 9.32. The minimum absolute atomic E-state index is 0.116. The zero-order chi connectivity index (χ0) is 21.1. The summed E-state index contributed by atoms with van der Waals surface area (Å²) in [5.74, 6) is 0.837. The third-order valence-electron chi connectivity index (χ3n) is 6.01. The molecule has 3 aliphatic rings. The average molecular weight is 407 g/mol. The van der Waals surface area contributed by atoms with Crippen LogP contribution in [0.5, 0.6) is 0 Å². The topological polar surface area (TPSA) is 54.0 Å². The fraction of sp³-hybridized carbons (Fsp3) is 0.792. The smallest absolute Gasteiger partial charge is 0.305 e. The van der Waals surface area contributed by atoms with Gasteiger partial charge in [0.2, 0.25) is 5.79 Å². The van der Waals surface area contributed by atoms with Crippen molar-refractivity contribution in [1.29, 1.82) is 0 Å². The summed E-state index contributed by atoms with van der Waals surface area (Å²) in [6.07, 6.45) is 9.29. The fourth-order valence-corrected chi connectivity index (χ4v) is 4.97. The van der Waals surface area contributed by atoms with Gasteiger partial charge in [0.15, 0.2) is 0 Å². The first-order valence-electron chi connectivity index (χ1n) is 11.4. The van der Waals surface area contributed by atoms with Crippen molar-refractivity contribution >= 4 is 5.97 Å². The lowest BCUT2D eigenvalue weighted by Crippen LogP contribution is -2.41. The molecule has 164 valence electrons. The van der Waals surface area contributed by atoms with E-state index in [1.807, 2.05) is 13.8 Å². The lowest BCUT2D eigenvalue weighted by molar-refractivity contribution is -0.230. The van der Waals surface area contributed by atoms with Crippen LogP contribution < -0.4 is 0 Å².